The molecule has 0 fully saturated rings. The third-order valence-corrected chi connectivity index (χ3v) is 2.79. The summed E-state index contributed by atoms with van der Waals surface area (Å²) < 4.78 is 0. The lowest BCUT2D eigenvalue weighted by Gasteiger charge is -2.20. The molecule has 3 heteroatoms. The van der Waals surface area contributed by atoms with Crippen LogP contribution in [0.2, 0.25) is 0 Å². The van der Waals surface area contributed by atoms with Crippen molar-refractivity contribution in [3.05, 3.63) is 0 Å². The van der Waals surface area contributed by atoms with Crippen LogP contribution >= 0.6 is 0 Å². The maximum absolute atomic E-state index is 9.57. The van der Waals surface area contributed by atoms with Crippen LogP contribution in [0, 0.1) is 5.92 Å². The van der Waals surface area contributed by atoms with Gasteiger partial charge in [-0.2, -0.15) is 0 Å². The SMILES string of the molecule is CCCCNCC[C@H](CCC)C(O)CO. The molecule has 0 heterocycles. The van der Waals surface area contributed by atoms with Crippen molar-refractivity contribution in [2.75, 3.05) is 19.7 Å². The number of hydrogen-bond acceptors (Lipinski definition) is 3. The summed E-state index contributed by atoms with van der Waals surface area (Å²) in [6, 6.07) is 0. The van der Waals surface area contributed by atoms with E-state index in [-0.39, 0.29) is 12.5 Å². The van der Waals surface area contributed by atoms with Crippen molar-refractivity contribution >= 4 is 0 Å². The van der Waals surface area contributed by atoms with Crippen molar-refractivity contribution in [2.24, 2.45) is 5.92 Å². The summed E-state index contributed by atoms with van der Waals surface area (Å²) in [5.41, 5.74) is 0. The molecule has 3 nitrogen and oxygen atoms in total. The summed E-state index contributed by atoms with van der Waals surface area (Å²) in [5, 5.41) is 21.8. The van der Waals surface area contributed by atoms with Gasteiger partial charge >= 0.3 is 0 Å². The second kappa shape index (κ2) is 10.4. The van der Waals surface area contributed by atoms with E-state index in [1.165, 1.54) is 12.8 Å². The van der Waals surface area contributed by atoms with Crippen LogP contribution in [0.4, 0.5) is 0 Å². The van der Waals surface area contributed by atoms with Gasteiger partial charge in [0.25, 0.3) is 0 Å². The van der Waals surface area contributed by atoms with Crippen LogP contribution in [0.3, 0.4) is 0 Å². The normalized spacial score (nSPS) is 15.2. The van der Waals surface area contributed by atoms with Gasteiger partial charge in [-0.05, 0) is 38.3 Å². The van der Waals surface area contributed by atoms with Gasteiger partial charge in [0.15, 0.2) is 0 Å². The molecular formula is C12H27NO2. The molecule has 0 aliphatic heterocycles. The quantitative estimate of drug-likeness (QED) is 0.486. The highest BCUT2D eigenvalue weighted by Crippen LogP contribution is 2.15. The summed E-state index contributed by atoms with van der Waals surface area (Å²) in [6.07, 6.45) is 4.90. The molecule has 0 radical (unpaired) electrons. The summed E-state index contributed by atoms with van der Waals surface area (Å²) in [6.45, 7) is 6.19. The fraction of sp³-hybridized carbons (Fsp3) is 1.00. The lowest BCUT2D eigenvalue weighted by Crippen LogP contribution is -2.28. The molecule has 0 rings (SSSR count). The molecule has 0 aromatic heterocycles. The first kappa shape index (κ1) is 14.9. The van der Waals surface area contributed by atoms with Crippen LogP contribution in [-0.2, 0) is 0 Å². The maximum atomic E-state index is 9.57. The third kappa shape index (κ3) is 7.77. The monoisotopic (exact) mass is 217 g/mol. The first-order valence-corrected chi connectivity index (χ1v) is 6.25. The molecule has 0 aromatic carbocycles. The molecule has 0 aromatic rings. The van der Waals surface area contributed by atoms with Gasteiger partial charge in [-0.3, -0.25) is 0 Å². The molecule has 0 aliphatic carbocycles. The van der Waals surface area contributed by atoms with Crippen LogP contribution in [0.1, 0.15) is 46.0 Å². The van der Waals surface area contributed by atoms with Crippen molar-refractivity contribution in [2.45, 2.75) is 52.1 Å². The average Bonchev–Trinajstić information content (AvgIpc) is 2.26. The summed E-state index contributed by atoms with van der Waals surface area (Å²) >= 11 is 0. The van der Waals surface area contributed by atoms with Gasteiger partial charge in [0.1, 0.15) is 0 Å². The molecule has 3 N–H and O–H groups in total. The number of aliphatic hydroxyl groups is 2. The minimum Gasteiger partial charge on any atom is -0.394 e. The van der Waals surface area contributed by atoms with E-state index in [2.05, 4.69) is 19.2 Å². The van der Waals surface area contributed by atoms with Gasteiger partial charge in [-0.1, -0.05) is 26.7 Å². The van der Waals surface area contributed by atoms with Crippen LogP contribution in [-0.4, -0.2) is 36.0 Å². The molecule has 0 saturated carbocycles. The highest BCUT2D eigenvalue weighted by Gasteiger charge is 2.16. The Hall–Kier alpha value is -0.120. The number of rotatable bonds is 10. The van der Waals surface area contributed by atoms with E-state index in [1.54, 1.807) is 0 Å². The molecule has 0 saturated heterocycles. The number of nitrogens with one attached hydrogen (secondary N) is 1. The van der Waals surface area contributed by atoms with Gasteiger partial charge in [0.05, 0.1) is 12.7 Å². The van der Waals surface area contributed by atoms with Gasteiger partial charge in [0, 0.05) is 0 Å². The van der Waals surface area contributed by atoms with Crippen LogP contribution in [0.25, 0.3) is 0 Å². The van der Waals surface area contributed by atoms with Crippen molar-refractivity contribution in [3.8, 4) is 0 Å². The summed E-state index contributed by atoms with van der Waals surface area (Å²) in [4.78, 5) is 0. The Bertz CT molecular complexity index is 131. The van der Waals surface area contributed by atoms with Crippen molar-refractivity contribution in [1.82, 2.24) is 5.32 Å². The third-order valence-electron chi connectivity index (χ3n) is 2.79. The molecule has 2 atom stereocenters. The van der Waals surface area contributed by atoms with Crippen LogP contribution < -0.4 is 5.32 Å². The van der Waals surface area contributed by atoms with Crippen molar-refractivity contribution in [3.63, 3.8) is 0 Å². The maximum Gasteiger partial charge on any atom is 0.0799 e. The Morgan fingerprint density at radius 1 is 1.07 bits per heavy atom. The lowest BCUT2D eigenvalue weighted by molar-refractivity contribution is 0.0401. The number of aliphatic hydroxyl groups excluding tert-OH is 2. The first-order chi connectivity index (χ1) is 7.26. The van der Waals surface area contributed by atoms with E-state index in [9.17, 15) is 5.11 Å². The van der Waals surface area contributed by atoms with E-state index in [0.29, 0.717) is 0 Å². The van der Waals surface area contributed by atoms with Gasteiger partial charge in [-0.25, -0.2) is 0 Å². The molecule has 0 spiro atoms. The average molecular weight is 217 g/mol. The molecular weight excluding hydrogens is 190 g/mol. The van der Waals surface area contributed by atoms with E-state index < -0.39 is 6.10 Å². The Kier molecular flexibility index (Phi) is 10.3. The van der Waals surface area contributed by atoms with E-state index in [1.807, 2.05) is 0 Å². The minimum absolute atomic E-state index is 0.111. The zero-order chi connectivity index (χ0) is 11.5. The topological polar surface area (TPSA) is 52.5 Å². The van der Waals surface area contributed by atoms with Gasteiger partial charge < -0.3 is 15.5 Å². The Morgan fingerprint density at radius 3 is 2.33 bits per heavy atom. The largest absolute Gasteiger partial charge is 0.394 e. The van der Waals surface area contributed by atoms with Crippen molar-refractivity contribution in [1.29, 1.82) is 0 Å². The second-order valence-corrected chi connectivity index (χ2v) is 4.19. The smallest absolute Gasteiger partial charge is 0.0799 e. The first-order valence-electron chi connectivity index (χ1n) is 6.25. The highest BCUT2D eigenvalue weighted by atomic mass is 16.3. The predicted octanol–water partition coefficient (Wildman–Crippen LogP) is 1.54. The number of hydrogen-bond donors (Lipinski definition) is 3. The Balaban J connectivity index is 3.56. The predicted molar refractivity (Wildman–Crippen MR) is 63.9 cm³/mol. The molecule has 92 valence electrons. The van der Waals surface area contributed by atoms with Crippen molar-refractivity contribution < 1.29 is 10.2 Å². The van der Waals surface area contributed by atoms with Gasteiger partial charge in [-0.15, -0.1) is 0 Å². The molecule has 0 bridgehead atoms. The molecule has 0 aliphatic rings. The zero-order valence-electron chi connectivity index (χ0n) is 10.2. The highest BCUT2D eigenvalue weighted by molar-refractivity contribution is 4.68. The fourth-order valence-electron chi connectivity index (χ4n) is 1.76. The van der Waals surface area contributed by atoms with Gasteiger partial charge in [0.2, 0.25) is 0 Å². The molecule has 15 heavy (non-hydrogen) atoms. The van der Waals surface area contributed by atoms with E-state index in [0.717, 1.165) is 32.4 Å². The standard InChI is InChI=1S/C12H27NO2/c1-3-5-8-13-9-7-11(6-4-2)12(15)10-14/h11-15H,3-10H2,1-2H3/t11-,12?/m0/s1. The molecule has 1 unspecified atom stereocenters. The van der Waals surface area contributed by atoms with Crippen LogP contribution in [0.15, 0.2) is 0 Å². The van der Waals surface area contributed by atoms with E-state index in [4.69, 9.17) is 5.11 Å². The second-order valence-electron chi connectivity index (χ2n) is 4.19. The van der Waals surface area contributed by atoms with Crippen LogP contribution in [0.5, 0.6) is 0 Å². The number of unbranched alkanes of at least 4 members (excludes halogenated alkanes) is 1. The molecule has 0 amide bonds. The minimum atomic E-state index is -0.544. The summed E-state index contributed by atoms with van der Waals surface area (Å²) in [7, 11) is 0. The Morgan fingerprint density at radius 2 is 1.80 bits per heavy atom. The lowest BCUT2D eigenvalue weighted by atomic mass is 9.94. The Labute approximate surface area is 93.9 Å². The fourth-order valence-corrected chi connectivity index (χ4v) is 1.76. The zero-order valence-corrected chi connectivity index (χ0v) is 10.2. The summed E-state index contributed by atoms with van der Waals surface area (Å²) in [5.74, 6) is 0.245. The van der Waals surface area contributed by atoms with E-state index >= 15 is 0 Å².